The highest BCUT2D eigenvalue weighted by Gasteiger charge is 2.37. The third-order valence-corrected chi connectivity index (χ3v) is 5.62. The fraction of sp³-hybridized carbons (Fsp3) is 0.579. The Morgan fingerprint density at radius 2 is 1.97 bits per heavy atom. The number of aliphatic carboxylic acids is 2. The molecule has 0 saturated carbocycles. The number of H-pyrrole nitrogens is 1. The lowest BCUT2D eigenvalue weighted by Crippen LogP contribution is -2.57. The van der Waals surface area contributed by atoms with Gasteiger partial charge in [0, 0.05) is 37.0 Å². The van der Waals surface area contributed by atoms with Crippen LogP contribution in [-0.2, 0) is 30.4 Å². The summed E-state index contributed by atoms with van der Waals surface area (Å²) in [6.45, 7) is 0.315. The molecule has 1 aromatic rings. The Bertz CT molecular complexity index is 865. The van der Waals surface area contributed by atoms with Crippen molar-refractivity contribution >= 4 is 42.3 Å². The number of amides is 3. The second-order valence-corrected chi connectivity index (χ2v) is 8.02. The first kappa shape index (κ1) is 26.1. The molecule has 33 heavy (non-hydrogen) atoms. The van der Waals surface area contributed by atoms with Crippen molar-refractivity contribution in [2.45, 2.75) is 56.3 Å². The number of carboxylic acid groups (broad SMARTS) is 2. The van der Waals surface area contributed by atoms with E-state index in [1.807, 2.05) is 0 Å². The topological polar surface area (TPSA) is 208 Å². The average molecular weight is 485 g/mol. The molecule has 1 aromatic heterocycles. The van der Waals surface area contributed by atoms with Crippen LogP contribution in [0, 0.1) is 0 Å². The maximum atomic E-state index is 12.9. The summed E-state index contributed by atoms with van der Waals surface area (Å²) in [7, 11) is 0. The van der Waals surface area contributed by atoms with Gasteiger partial charge in [-0.3, -0.25) is 19.2 Å². The van der Waals surface area contributed by atoms with E-state index in [4.69, 9.17) is 10.8 Å². The quantitative estimate of drug-likeness (QED) is 0.165. The lowest BCUT2D eigenvalue weighted by Gasteiger charge is -2.28. The molecule has 3 amide bonds. The number of rotatable bonds is 12. The van der Waals surface area contributed by atoms with E-state index < -0.39 is 60.2 Å². The minimum absolute atomic E-state index is 0.0901. The molecule has 4 atom stereocenters. The Kier molecular flexibility index (Phi) is 9.66. The number of carbonyl (C=O) groups excluding carboxylic acids is 3. The number of thiol groups is 1. The van der Waals surface area contributed by atoms with Gasteiger partial charge in [-0.1, -0.05) is 0 Å². The molecule has 0 aromatic carbocycles. The number of aromatic nitrogens is 2. The van der Waals surface area contributed by atoms with Gasteiger partial charge in [0.05, 0.1) is 12.4 Å². The zero-order chi connectivity index (χ0) is 24.5. The van der Waals surface area contributed by atoms with Gasteiger partial charge in [-0.15, -0.1) is 0 Å². The highest BCUT2D eigenvalue weighted by Crippen LogP contribution is 2.19. The van der Waals surface area contributed by atoms with E-state index in [9.17, 15) is 29.1 Å². The maximum absolute atomic E-state index is 12.9. The molecule has 2 heterocycles. The van der Waals surface area contributed by atoms with E-state index in [2.05, 4.69) is 33.2 Å². The second kappa shape index (κ2) is 12.2. The number of carboxylic acids is 2. The minimum atomic E-state index is -1.33. The molecule has 0 bridgehead atoms. The number of likely N-dealkylation sites (tertiary alicyclic amines) is 1. The first-order valence-electron chi connectivity index (χ1n) is 10.3. The van der Waals surface area contributed by atoms with Gasteiger partial charge in [0.15, 0.2) is 0 Å². The highest BCUT2D eigenvalue weighted by molar-refractivity contribution is 7.80. The molecule has 4 unspecified atom stereocenters. The molecule has 0 spiro atoms. The molecule has 0 radical (unpaired) electrons. The summed E-state index contributed by atoms with van der Waals surface area (Å²) in [5.41, 5.74) is 6.20. The van der Waals surface area contributed by atoms with Crippen LogP contribution in [0.3, 0.4) is 0 Å². The molecule has 1 fully saturated rings. The Morgan fingerprint density at radius 1 is 1.24 bits per heavy atom. The zero-order valence-corrected chi connectivity index (χ0v) is 18.7. The molecular weight excluding hydrogens is 456 g/mol. The van der Waals surface area contributed by atoms with Gasteiger partial charge >= 0.3 is 11.9 Å². The van der Waals surface area contributed by atoms with Crippen LogP contribution in [0.1, 0.15) is 31.4 Å². The van der Waals surface area contributed by atoms with E-state index in [1.54, 1.807) is 0 Å². The molecule has 182 valence electrons. The number of nitrogens with zero attached hydrogens (tertiary/aromatic N) is 2. The van der Waals surface area contributed by atoms with Crippen molar-refractivity contribution in [1.29, 1.82) is 0 Å². The Morgan fingerprint density at radius 3 is 2.55 bits per heavy atom. The largest absolute Gasteiger partial charge is 0.481 e. The fourth-order valence-electron chi connectivity index (χ4n) is 3.49. The molecule has 1 saturated heterocycles. The highest BCUT2D eigenvalue weighted by atomic mass is 32.1. The van der Waals surface area contributed by atoms with Crippen LogP contribution < -0.4 is 16.4 Å². The molecule has 7 N–H and O–H groups in total. The van der Waals surface area contributed by atoms with Crippen LogP contribution in [0.2, 0.25) is 0 Å². The number of hydrogen-bond acceptors (Lipinski definition) is 8. The molecule has 0 aliphatic carbocycles. The van der Waals surface area contributed by atoms with Gasteiger partial charge in [-0.25, -0.2) is 9.78 Å². The normalized spacial score (nSPS) is 18.2. The zero-order valence-electron chi connectivity index (χ0n) is 17.8. The van der Waals surface area contributed by atoms with E-state index in [1.165, 1.54) is 17.4 Å². The van der Waals surface area contributed by atoms with E-state index in [0.29, 0.717) is 25.1 Å². The van der Waals surface area contributed by atoms with Crippen molar-refractivity contribution < 1.29 is 34.2 Å². The fourth-order valence-corrected chi connectivity index (χ4v) is 3.64. The second-order valence-electron chi connectivity index (χ2n) is 7.65. The Labute approximate surface area is 194 Å². The molecule has 13 nitrogen and oxygen atoms in total. The van der Waals surface area contributed by atoms with E-state index in [0.717, 1.165) is 0 Å². The van der Waals surface area contributed by atoms with Crippen LogP contribution in [0.5, 0.6) is 0 Å². The van der Waals surface area contributed by atoms with Gasteiger partial charge < -0.3 is 36.5 Å². The maximum Gasteiger partial charge on any atom is 0.326 e. The van der Waals surface area contributed by atoms with E-state index >= 15 is 0 Å². The first-order valence-corrected chi connectivity index (χ1v) is 11.0. The van der Waals surface area contributed by atoms with Crippen LogP contribution in [0.15, 0.2) is 12.5 Å². The van der Waals surface area contributed by atoms with Crippen molar-refractivity contribution in [3.8, 4) is 0 Å². The van der Waals surface area contributed by atoms with Crippen LogP contribution in [0.25, 0.3) is 0 Å². The minimum Gasteiger partial charge on any atom is -0.481 e. The molecular formula is C19H28N6O7S. The summed E-state index contributed by atoms with van der Waals surface area (Å²) < 4.78 is 0. The number of nitrogens with one attached hydrogen (secondary N) is 3. The summed E-state index contributed by atoms with van der Waals surface area (Å²) in [6.07, 6.45) is 2.89. The third-order valence-electron chi connectivity index (χ3n) is 5.23. The van der Waals surface area contributed by atoms with Crippen molar-refractivity contribution in [2.24, 2.45) is 5.73 Å². The van der Waals surface area contributed by atoms with Gasteiger partial charge in [-0.2, -0.15) is 12.6 Å². The van der Waals surface area contributed by atoms with Gasteiger partial charge in [0.1, 0.15) is 18.1 Å². The van der Waals surface area contributed by atoms with Crippen LogP contribution in [-0.4, -0.2) is 91.2 Å². The predicted octanol–water partition coefficient (Wildman–Crippen LogP) is -1.88. The van der Waals surface area contributed by atoms with Gasteiger partial charge in [0.2, 0.25) is 17.7 Å². The van der Waals surface area contributed by atoms with E-state index in [-0.39, 0.29) is 18.6 Å². The Hall–Kier alpha value is -3.13. The van der Waals surface area contributed by atoms with Crippen molar-refractivity contribution in [3.63, 3.8) is 0 Å². The third kappa shape index (κ3) is 7.46. The van der Waals surface area contributed by atoms with Crippen molar-refractivity contribution in [1.82, 2.24) is 25.5 Å². The Balaban J connectivity index is 2.11. The van der Waals surface area contributed by atoms with Gasteiger partial charge in [0.25, 0.3) is 0 Å². The first-order chi connectivity index (χ1) is 15.6. The lowest BCUT2D eigenvalue weighted by molar-refractivity contribution is -0.143. The summed E-state index contributed by atoms with van der Waals surface area (Å²) in [5, 5.41) is 23.3. The van der Waals surface area contributed by atoms with Crippen LogP contribution in [0.4, 0.5) is 0 Å². The van der Waals surface area contributed by atoms with Crippen molar-refractivity contribution in [3.05, 3.63) is 18.2 Å². The predicted molar refractivity (Wildman–Crippen MR) is 117 cm³/mol. The number of nitrogens with two attached hydrogens (primary N) is 1. The smallest absolute Gasteiger partial charge is 0.326 e. The summed E-state index contributed by atoms with van der Waals surface area (Å²) >= 11 is 4.00. The van der Waals surface area contributed by atoms with Crippen LogP contribution >= 0.6 is 12.6 Å². The number of carbonyl (C=O) groups is 5. The van der Waals surface area contributed by atoms with Gasteiger partial charge in [-0.05, 0) is 19.3 Å². The van der Waals surface area contributed by atoms with Crippen molar-refractivity contribution in [2.75, 3.05) is 12.3 Å². The lowest BCUT2D eigenvalue weighted by atomic mass is 10.1. The SMILES string of the molecule is NC(CS)C(=O)N1CCCC1C(=O)NC(CCC(=O)O)C(=O)NC(Cc1cnc[nH]1)C(=O)O. The number of hydrogen-bond donors (Lipinski definition) is 7. The standard InChI is InChI=1S/C19H28N6O7S/c20-11(8-33)18(30)25-5-1-2-14(25)17(29)23-12(3-4-15(26)27)16(28)24-13(19(31)32)6-10-7-21-9-22-10/h7,9,11-14,33H,1-6,8,20H2,(H,21,22)(H,23,29)(H,24,28)(H,26,27)(H,31,32). The number of imidazole rings is 1. The molecule has 2 rings (SSSR count). The molecule has 14 heteroatoms. The average Bonchev–Trinajstić information content (AvgIpc) is 3.46. The number of aromatic amines is 1. The monoisotopic (exact) mass is 484 g/mol. The summed E-state index contributed by atoms with van der Waals surface area (Å²) in [5.74, 6) is -4.33. The summed E-state index contributed by atoms with van der Waals surface area (Å²) in [6, 6.07) is -4.40. The summed E-state index contributed by atoms with van der Waals surface area (Å²) in [4.78, 5) is 68.6. The molecule has 1 aliphatic heterocycles. The molecule has 1 aliphatic rings.